The van der Waals surface area contributed by atoms with Gasteiger partial charge in [-0.25, -0.2) is 0 Å². The van der Waals surface area contributed by atoms with Gasteiger partial charge in [0.25, 0.3) is 0 Å². The summed E-state index contributed by atoms with van der Waals surface area (Å²) in [5.74, 6) is 0.903. The zero-order chi connectivity index (χ0) is 14.4. The van der Waals surface area contributed by atoms with Crippen molar-refractivity contribution in [3.63, 3.8) is 0 Å². The summed E-state index contributed by atoms with van der Waals surface area (Å²) < 4.78 is 11.6. The van der Waals surface area contributed by atoms with Gasteiger partial charge in [-0.1, -0.05) is 19.1 Å². The molecule has 4 heteroatoms. The molecule has 112 valence electrons. The topological polar surface area (TPSA) is 47.7 Å². The van der Waals surface area contributed by atoms with Gasteiger partial charge in [-0.15, -0.1) is 0 Å². The van der Waals surface area contributed by atoms with Crippen LogP contribution < -0.4 is 10.5 Å². The minimum atomic E-state index is 0.167. The first kappa shape index (κ1) is 15.3. The summed E-state index contributed by atoms with van der Waals surface area (Å²) in [4.78, 5) is 2.39. The molecular weight excluding hydrogens is 252 g/mol. The van der Waals surface area contributed by atoms with Gasteiger partial charge in [0, 0.05) is 19.1 Å². The molecule has 2 unspecified atom stereocenters. The van der Waals surface area contributed by atoms with Crippen LogP contribution in [0.3, 0.4) is 0 Å². The second-order valence-electron chi connectivity index (χ2n) is 5.53. The fraction of sp³-hybridized carbons (Fsp3) is 0.625. The number of hydrogen-bond donors (Lipinski definition) is 1. The van der Waals surface area contributed by atoms with Crippen molar-refractivity contribution in [3.05, 3.63) is 29.8 Å². The number of morpholine rings is 1. The van der Waals surface area contributed by atoms with E-state index in [1.165, 1.54) is 5.56 Å². The van der Waals surface area contributed by atoms with E-state index in [0.717, 1.165) is 38.4 Å². The van der Waals surface area contributed by atoms with Gasteiger partial charge in [0.15, 0.2) is 0 Å². The van der Waals surface area contributed by atoms with Crippen molar-refractivity contribution in [2.75, 3.05) is 32.8 Å². The molecule has 0 spiro atoms. The highest BCUT2D eigenvalue weighted by Gasteiger charge is 2.19. The molecule has 0 bridgehead atoms. The molecule has 1 heterocycles. The van der Waals surface area contributed by atoms with Crippen molar-refractivity contribution >= 4 is 0 Å². The molecule has 2 atom stereocenters. The maximum Gasteiger partial charge on any atom is 0.119 e. The Balaban J connectivity index is 1.84. The Morgan fingerprint density at radius 1 is 1.50 bits per heavy atom. The van der Waals surface area contributed by atoms with E-state index in [2.05, 4.69) is 24.0 Å². The highest BCUT2D eigenvalue weighted by Crippen LogP contribution is 2.16. The second kappa shape index (κ2) is 7.62. The van der Waals surface area contributed by atoms with E-state index < -0.39 is 0 Å². The zero-order valence-electron chi connectivity index (χ0n) is 12.5. The van der Waals surface area contributed by atoms with Crippen LogP contribution in [0.25, 0.3) is 0 Å². The van der Waals surface area contributed by atoms with E-state index >= 15 is 0 Å². The normalized spacial score (nSPS) is 21.6. The van der Waals surface area contributed by atoms with Crippen LogP contribution in [0.2, 0.25) is 0 Å². The lowest BCUT2D eigenvalue weighted by Crippen LogP contribution is -2.44. The predicted octanol–water partition coefficient (Wildman–Crippen LogP) is 1.68. The molecule has 0 amide bonds. The Labute approximate surface area is 121 Å². The van der Waals surface area contributed by atoms with Crippen LogP contribution in [0, 0.1) is 0 Å². The molecule has 1 saturated heterocycles. The molecule has 0 radical (unpaired) electrons. The molecule has 1 aromatic carbocycles. The summed E-state index contributed by atoms with van der Waals surface area (Å²) in [5, 5.41) is 0. The van der Waals surface area contributed by atoms with E-state index in [4.69, 9.17) is 15.2 Å². The molecule has 4 nitrogen and oxygen atoms in total. The maximum atomic E-state index is 5.87. The minimum Gasteiger partial charge on any atom is -0.491 e. The zero-order valence-corrected chi connectivity index (χ0v) is 12.5. The van der Waals surface area contributed by atoms with Gasteiger partial charge in [0.1, 0.15) is 18.5 Å². The molecule has 2 rings (SSSR count). The summed E-state index contributed by atoms with van der Waals surface area (Å²) in [5.41, 5.74) is 7.05. The van der Waals surface area contributed by atoms with Gasteiger partial charge in [-0.3, -0.25) is 4.90 Å². The molecule has 0 aliphatic carbocycles. The quantitative estimate of drug-likeness (QED) is 0.860. The number of hydrogen-bond acceptors (Lipinski definition) is 4. The number of benzene rings is 1. The van der Waals surface area contributed by atoms with Crippen LogP contribution in [0.4, 0.5) is 0 Å². The highest BCUT2D eigenvalue weighted by molar-refractivity contribution is 5.29. The first-order valence-electron chi connectivity index (χ1n) is 7.48. The van der Waals surface area contributed by atoms with Crippen molar-refractivity contribution in [2.24, 2.45) is 5.73 Å². The number of rotatable bonds is 6. The molecular formula is C16H26N2O2. The lowest BCUT2D eigenvalue weighted by molar-refractivity contribution is -0.0464. The fourth-order valence-electron chi connectivity index (χ4n) is 2.49. The second-order valence-corrected chi connectivity index (χ2v) is 5.53. The average Bonchev–Trinajstić information content (AvgIpc) is 2.45. The molecule has 20 heavy (non-hydrogen) atoms. The Kier molecular flexibility index (Phi) is 5.83. The predicted molar refractivity (Wildman–Crippen MR) is 81.1 cm³/mol. The van der Waals surface area contributed by atoms with Crippen LogP contribution in [-0.2, 0) is 11.2 Å². The molecule has 0 saturated carbocycles. The number of nitrogens with two attached hydrogens (primary N) is 1. The van der Waals surface area contributed by atoms with Gasteiger partial charge in [-0.05, 0) is 37.6 Å². The van der Waals surface area contributed by atoms with Gasteiger partial charge < -0.3 is 15.2 Å². The number of nitrogens with zero attached hydrogens (tertiary/aromatic N) is 1. The fourth-order valence-corrected chi connectivity index (χ4v) is 2.49. The van der Waals surface area contributed by atoms with Crippen LogP contribution >= 0.6 is 0 Å². The number of ether oxygens (including phenoxy) is 2. The minimum absolute atomic E-state index is 0.167. The van der Waals surface area contributed by atoms with Crippen molar-refractivity contribution in [1.82, 2.24) is 4.90 Å². The summed E-state index contributed by atoms with van der Waals surface area (Å²) >= 11 is 0. The average molecular weight is 278 g/mol. The molecule has 1 fully saturated rings. The summed E-state index contributed by atoms with van der Waals surface area (Å²) in [6, 6.07) is 8.35. The molecule has 1 aliphatic heterocycles. The van der Waals surface area contributed by atoms with Crippen molar-refractivity contribution < 1.29 is 9.47 Å². The Bertz CT molecular complexity index is 409. The lowest BCUT2D eigenvalue weighted by atomic mass is 10.1. The summed E-state index contributed by atoms with van der Waals surface area (Å²) in [6.45, 7) is 8.66. The lowest BCUT2D eigenvalue weighted by Gasteiger charge is -2.31. The Morgan fingerprint density at radius 3 is 3.10 bits per heavy atom. The van der Waals surface area contributed by atoms with Gasteiger partial charge >= 0.3 is 0 Å². The number of likely N-dealkylation sites (N-methyl/N-ethyl adjacent to an activating group) is 1. The summed E-state index contributed by atoms with van der Waals surface area (Å²) in [6.07, 6.45) is 1.04. The van der Waals surface area contributed by atoms with E-state index in [1.54, 1.807) is 0 Å². The largest absolute Gasteiger partial charge is 0.491 e. The molecule has 2 N–H and O–H groups in total. The van der Waals surface area contributed by atoms with Gasteiger partial charge in [-0.2, -0.15) is 0 Å². The van der Waals surface area contributed by atoms with Crippen molar-refractivity contribution in [1.29, 1.82) is 0 Å². The van der Waals surface area contributed by atoms with Crippen LogP contribution in [0.15, 0.2) is 24.3 Å². The Hall–Kier alpha value is -1.10. The van der Waals surface area contributed by atoms with Crippen LogP contribution in [0.1, 0.15) is 19.4 Å². The highest BCUT2D eigenvalue weighted by atomic mass is 16.5. The third-order valence-electron chi connectivity index (χ3n) is 3.56. The molecule has 0 aromatic heterocycles. The third kappa shape index (κ3) is 4.78. The molecule has 1 aromatic rings. The third-order valence-corrected chi connectivity index (χ3v) is 3.56. The van der Waals surface area contributed by atoms with E-state index in [0.29, 0.717) is 6.61 Å². The van der Waals surface area contributed by atoms with Gasteiger partial charge in [0.05, 0.1) is 6.61 Å². The van der Waals surface area contributed by atoms with Crippen LogP contribution in [-0.4, -0.2) is 49.9 Å². The van der Waals surface area contributed by atoms with Crippen LogP contribution in [0.5, 0.6) is 5.75 Å². The maximum absolute atomic E-state index is 5.87. The van der Waals surface area contributed by atoms with E-state index in [-0.39, 0.29) is 12.1 Å². The van der Waals surface area contributed by atoms with Crippen molar-refractivity contribution in [3.8, 4) is 5.75 Å². The Morgan fingerprint density at radius 2 is 2.35 bits per heavy atom. The van der Waals surface area contributed by atoms with Gasteiger partial charge in [0.2, 0.25) is 0 Å². The monoisotopic (exact) mass is 278 g/mol. The smallest absolute Gasteiger partial charge is 0.119 e. The SMILES string of the molecule is CCN1CCOC(COc2cccc(CC(C)N)c2)C1. The summed E-state index contributed by atoms with van der Waals surface area (Å²) in [7, 11) is 0. The molecule has 1 aliphatic rings. The first-order valence-corrected chi connectivity index (χ1v) is 7.48. The van der Waals surface area contributed by atoms with E-state index in [9.17, 15) is 0 Å². The standard InChI is InChI=1S/C16H26N2O2/c1-3-18-7-8-19-16(11-18)12-20-15-6-4-5-14(10-15)9-13(2)17/h4-6,10,13,16H,3,7-9,11-12,17H2,1-2H3. The first-order chi connectivity index (χ1) is 9.67. The van der Waals surface area contributed by atoms with E-state index in [1.807, 2.05) is 19.1 Å². The van der Waals surface area contributed by atoms with Crippen molar-refractivity contribution in [2.45, 2.75) is 32.4 Å².